The lowest BCUT2D eigenvalue weighted by Gasteiger charge is -2.20. The highest BCUT2D eigenvalue weighted by molar-refractivity contribution is 7.80. The highest BCUT2D eigenvalue weighted by Gasteiger charge is 2.21. The molecule has 148 valence electrons. The number of nitrogens with one attached hydrogen (secondary N) is 2. The van der Waals surface area contributed by atoms with E-state index in [0.29, 0.717) is 16.9 Å². The number of ether oxygens (including phenoxy) is 1. The average molecular weight is 406 g/mol. The Hall–Kier alpha value is -3.19. The normalized spacial score (nSPS) is 13.5. The van der Waals surface area contributed by atoms with Crippen LogP contribution in [0, 0.1) is 0 Å². The van der Waals surface area contributed by atoms with Gasteiger partial charge in [-0.15, -0.1) is 0 Å². The largest absolute Gasteiger partial charge is 0.481 e. The summed E-state index contributed by atoms with van der Waals surface area (Å²) in [6, 6.07) is 20.5. The molecule has 0 fully saturated rings. The van der Waals surface area contributed by atoms with Gasteiger partial charge in [0.15, 0.2) is 5.11 Å². The third-order valence-corrected chi connectivity index (χ3v) is 5.16. The van der Waals surface area contributed by atoms with Crippen LogP contribution < -0.4 is 20.3 Å². The predicted molar refractivity (Wildman–Crippen MR) is 119 cm³/mol. The van der Waals surface area contributed by atoms with Crippen LogP contribution >= 0.6 is 12.2 Å². The molecule has 0 spiro atoms. The maximum Gasteiger partial charge on any atom is 0.234 e. The summed E-state index contributed by atoms with van der Waals surface area (Å²) < 4.78 is 5.38. The highest BCUT2D eigenvalue weighted by atomic mass is 32.1. The van der Waals surface area contributed by atoms with Crippen LogP contribution in [0.3, 0.4) is 0 Å². The maximum atomic E-state index is 5.47. The molecule has 2 N–H and O–H groups in total. The molecular formula is C22H23N5OS. The Kier molecular flexibility index (Phi) is 5.57. The van der Waals surface area contributed by atoms with Gasteiger partial charge in [-0.1, -0.05) is 54.6 Å². The molecule has 29 heavy (non-hydrogen) atoms. The van der Waals surface area contributed by atoms with Gasteiger partial charge < -0.3 is 20.3 Å². The molecule has 0 bridgehead atoms. The fourth-order valence-electron chi connectivity index (χ4n) is 3.39. The van der Waals surface area contributed by atoms with Crippen molar-refractivity contribution in [1.82, 2.24) is 15.3 Å². The molecule has 3 aromatic rings. The minimum Gasteiger partial charge on any atom is -0.481 e. The van der Waals surface area contributed by atoms with Crippen LogP contribution in [0.2, 0.25) is 0 Å². The Bertz CT molecular complexity index is 986. The molecule has 2 aromatic carbocycles. The average Bonchev–Trinajstić information content (AvgIpc) is 3.18. The molecule has 6 nitrogen and oxygen atoms in total. The molecular weight excluding hydrogens is 382 g/mol. The van der Waals surface area contributed by atoms with Crippen LogP contribution in [0.15, 0.2) is 60.7 Å². The number of fused-ring (bicyclic) bond motifs is 1. The summed E-state index contributed by atoms with van der Waals surface area (Å²) in [4.78, 5) is 11.3. The van der Waals surface area contributed by atoms with E-state index in [0.717, 1.165) is 24.5 Å². The summed E-state index contributed by atoms with van der Waals surface area (Å²) in [5.74, 6) is 1.70. The number of nitrogens with zero attached hydrogens (tertiary/aromatic N) is 3. The molecule has 4 rings (SSSR count). The lowest BCUT2D eigenvalue weighted by Crippen LogP contribution is -2.31. The third-order valence-electron chi connectivity index (χ3n) is 4.94. The first-order chi connectivity index (χ1) is 14.1. The van der Waals surface area contributed by atoms with Crippen LogP contribution in [0.5, 0.6) is 5.88 Å². The quantitative estimate of drug-likeness (QED) is 0.621. The molecule has 1 aliphatic rings. The summed E-state index contributed by atoms with van der Waals surface area (Å²) in [6.07, 6.45) is 0. The second-order valence-electron chi connectivity index (χ2n) is 6.95. The predicted octanol–water partition coefficient (Wildman–Crippen LogP) is 4.05. The molecule has 0 radical (unpaired) electrons. The van der Waals surface area contributed by atoms with Crippen molar-refractivity contribution in [3.8, 4) is 5.88 Å². The maximum absolute atomic E-state index is 5.47. The zero-order valence-electron chi connectivity index (χ0n) is 16.4. The molecule has 0 unspecified atom stereocenters. The fraction of sp³-hybridized carbons (Fsp3) is 0.227. The highest BCUT2D eigenvalue weighted by Crippen LogP contribution is 2.29. The summed E-state index contributed by atoms with van der Waals surface area (Å²) in [6.45, 7) is 3.68. The van der Waals surface area contributed by atoms with Crippen LogP contribution in [0.4, 0.5) is 11.8 Å². The minimum absolute atomic E-state index is 0.0642. The first kappa shape index (κ1) is 19.1. The van der Waals surface area contributed by atoms with Gasteiger partial charge in [-0.2, -0.15) is 9.97 Å². The molecule has 0 aliphatic carbocycles. The Morgan fingerprint density at radius 2 is 1.69 bits per heavy atom. The number of benzene rings is 2. The van der Waals surface area contributed by atoms with Crippen molar-refractivity contribution in [2.75, 3.05) is 17.3 Å². The number of rotatable bonds is 5. The van der Waals surface area contributed by atoms with Gasteiger partial charge in [0.2, 0.25) is 11.8 Å². The second kappa shape index (κ2) is 8.45. The van der Waals surface area contributed by atoms with Gasteiger partial charge in [0.1, 0.15) is 5.82 Å². The Morgan fingerprint density at radius 3 is 2.34 bits per heavy atom. The topological polar surface area (TPSA) is 62.3 Å². The molecule has 0 saturated heterocycles. The Balaban J connectivity index is 1.48. The molecule has 0 saturated carbocycles. The second-order valence-corrected chi connectivity index (χ2v) is 7.36. The van der Waals surface area contributed by atoms with E-state index in [9.17, 15) is 0 Å². The number of anilines is 2. The van der Waals surface area contributed by atoms with Crippen molar-refractivity contribution in [3.63, 3.8) is 0 Å². The third kappa shape index (κ3) is 4.46. The monoisotopic (exact) mass is 405 g/mol. The van der Waals surface area contributed by atoms with E-state index in [2.05, 4.69) is 68.8 Å². The van der Waals surface area contributed by atoms with Crippen LogP contribution in [-0.4, -0.2) is 22.2 Å². The van der Waals surface area contributed by atoms with Crippen molar-refractivity contribution in [2.24, 2.45) is 0 Å². The number of thiocarbonyl (C=S) groups is 1. The standard InChI is InChI=1S/C22H23N5OS/c1-15(16-8-4-3-5-9-16)23-22(29)26-21-24-19(12-20(25-21)28-2)27-13-17-10-6-7-11-18(17)14-27/h3-12,15H,13-14H2,1-2H3,(H2,23,24,25,26,29)/t15-/m0/s1. The first-order valence-electron chi connectivity index (χ1n) is 9.49. The van der Waals surface area contributed by atoms with Crippen molar-refractivity contribution in [1.29, 1.82) is 0 Å². The van der Waals surface area contributed by atoms with E-state index in [1.807, 2.05) is 24.3 Å². The Morgan fingerprint density at radius 1 is 1.03 bits per heavy atom. The van der Waals surface area contributed by atoms with Gasteiger partial charge in [-0.05, 0) is 35.8 Å². The number of hydrogen-bond donors (Lipinski definition) is 2. The smallest absolute Gasteiger partial charge is 0.234 e. The zero-order valence-corrected chi connectivity index (χ0v) is 17.2. The van der Waals surface area contributed by atoms with Gasteiger partial charge in [-0.3, -0.25) is 0 Å². The molecule has 1 aromatic heterocycles. The van der Waals surface area contributed by atoms with E-state index in [4.69, 9.17) is 17.0 Å². The van der Waals surface area contributed by atoms with Gasteiger partial charge in [0.05, 0.1) is 13.2 Å². The lowest BCUT2D eigenvalue weighted by molar-refractivity contribution is 0.397. The SMILES string of the molecule is COc1cc(N2Cc3ccccc3C2)nc(NC(=S)N[C@@H](C)c2ccccc2)n1. The van der Waals surface area contributed by atoms with E-state index in [-0.39, 0.29) is 6.04 Å². The Labute approximate surface area is 176 Å². The molecule has 1 atom stereocenters. The van der Waals surface area contributed by atoms with Crippen molar-refractivity contribution in [3.05, 3.63) is 77.4 Å². The van der Waals surface area contributed by atoms with Crippen LogP contribution in [0.1, 0.15) is 29.7 Å². The van der Waals surface area contributed by atoms with E-state index >= 15 is 0 Å². The van der Waals surface area contributed by atoms with Gasteiger partial charge in [0.25, 0.3) is 0 Å². The zero-order chi connectivity index (χ0) is 20.2. The number of aromatic nitrogens is 2. The van der Waals surface area contributed by atoms with Crippen molar-refractivity contribution >= 4 is 29.1 Å². The van der Waals surface area contributed by atoms with Crippen molar-refractivity contribution < 1.29 is 4.74 Å². The van der Waals surface area contributed by atoms with E-state index in [1.54, 1.807) is 7.11 Å². The molecule has 0 amide bonds. The summed E-state index contributed by atoms with van der Waals surface area (Å²) in [7, 11) is 1.60. The lowest BCUT2D eigenvalue weighted by atomic mass is 10.1. The van der Waals surface area contributed by atoms with Crippen LogP contribution in [-0.2, 0) is 13.1 Å². The number of methoxy groups -OCH3 is 1. The van der Waals surface area contributed by atoms with Gasteiger partial charge in [-0.25, -0.2) is 0 Å². The van der Waals surface area contributed by atoms with Gasteiger partial charge >= 0.3 is 0 Å². The van der Waals surface area contributed by atoms with Crippen LogP contribution in [0.25, 0.3) is 0 Å². The molecule has 1 aliphatic heterocycles. The fourth-order valence-corrected chi connectivity index (χ4v) is 3.66. The van der Waals surface area contributed by atoms with Crippen molar-refractivity contribution in [2.45, 2.75) is 26.1 Å². The minimum atomic E-state index is 0.0642. The molecule has 2 heterocycles. The molecule has 7 heteroatoms. The first-order valence-corrected chi connectivity index (χ1v) is 9.90. The van der Waals surface area contributed by atoms with Gasteiger partial charge in [0, 0.05) is 19.2 Å². The number of hydrogen-bond acceptors (Lipinski definition) is 5. The summed E-state index contributed by atoms with van der Waals surface area (Å²) in [5, 5.41) is 6.83. The summed E-state index contributed by atoms with van der Waals surface area (Å²) >= 11 is 5.47. The van der Waals surface area contributed by atoms with E-state index in [1.165, 1.54) is 11.1 Å². The van der Waals surface area contributed by atoms with E-state index < -0.39 is 0 Å². The summed E-state index contributed by atoms with van der Waals surface area (Å²) in [5.41, 5.74) is 3.78.